The van der Waals surface area contributed by atoms with Crippen molar-refractivity contribution < 1.29 is 9.21 Å². The summed E-state index contributed by atoms with van der Waals surface area (Å²) in [5, 5.41) is 14.7. The van der Waals surface area contributed by atoms with Crippen LogP contribution < -0.4 is 5.32 Å². The maximum Gasteiger partial charge on any atom is 0.322 e. The van der Waals surface area contributed by atoms with E-state index in [0.29, 0.717) is 18.1 Å². The van der Waals surface area contributed by atoms with E-state index in [0.717, 1.165) is 10.6 Å². The molecule has 0 bridgehead atoms. The summed E-state index contributed by atoms with van der Waals surface area (Å²) < 4.78 is 7.32. The second-order valence-electron chi connectivity index (χ2n) is 5.63. The fraction of sp³-hybridized carbons (Fsp3) is 0.294. The largest absolute Gasteiger partial charge is 0.401 e. The third-order valence-electron chi connectivity index (χ3n) is 3.39. The molecular weight excluding hydrogens is 338 g/mol. The summed E-state index contributed by atoms with van der Waals surface area (Å²) in [7, 11) is 0. The molecule has 0 aliphatic rings. The Balaban J connectivity index is 1.54. The maximum absolute atomic E-state index is 12.0. The zero-order valence-corrected chi connectivity index (χ0v) is 14.9. The average Bonchev–Trinajstić information content (AvgIpc) is 3.24. The van der Waals surface area contributed by atoms with Gasteiger partial charge in [-0.2, -0.15) is 5.10 Å². The molecule has 0 radical (unpaired) electrons. The van der Waals surface area contributed by atoms with E-state index in [1.54, 1.807) is 28.7 Å². The Morgan fingerprint density at radius 3 is 2.80 bits per heavy atom. The lowest BCUT2D eigenvalue weighted by Crippen LogP contribution is -2.12. The molecule has 7 nitrogen and oxygen atoms in total. The molecule has 8 heteroatoms. The Bertz CT molecular complexity index is 828. The number of anilines is 1. The lowest BCUT2D eigenvalue weighted by Gasteiger charge is -2.07. The van der Waals surface area contributed by atoms with Gasteiger partial charge in [-0.1, -0.05) is 23.3 Å². The summed E-state index contributed by atoms with van der Waals surface area (Å²) in [6, 6.07) is 12.0. The van der Waals surface area contributed by atoms with Crippen molar-refractivity contribution in [2.75, 3.05) is 11.1 Å². The van der Waals surface area contributed by atoms with Gasteiger partial charge in [0.05, 0.1) is 0 Å². The second kappa shape index (κ2) is 7.98. The van der Waals surface area contributed by atoms with E-state index in [2.05, 4.69) is 20.6 Å². The van der Waals surface area contributed by atoms with Gasteiger partial charge >= 0.3 is 6.01 Å². The van der Waals surface area contributed by atoms with Gasteiger partial charge in [-0.15, -0.1) is 16.9 Å². The first-order valence-corrected chi connectivity index (χ1v) is 8.97. The third kappa shape index (κ3) is 4.48. The van der Waals surface area contributed by atoms with Gasteiger partial charge in [0, 0.05) is 29.3 Å². The first-order chi connectivity index (χ1) is 12.1. The standard InChI is InChI=1S/C17H19N5O2S/c1-12(2)22-14(8-10-18-22)16-20-21-17(24-16)19-15(23)9-11-25-13-6-4-3-5-7-13/h3-8,10,12H,9,11H2,1-2H3,(H,19,21,23). The van der Waals surface area contributed by atoms with E-state index in [4.69, 9.17) is 4.42 Å². The fourth-order valence-corrected chi connectivity index (χ4v) is 3.11. The third-order valence-corrected chi connectivity index (χ3v) is 4.40. The van der Waals surface area contributed by atoms with Crippen LogP contribution in [0.2, 0.25) is 0 Å². The lowest BCUT2D eigenvalue weighted by atomic mass is 10.3. The Morgan fingerprint density at radius 2 is 2.04 bits per heavy atom. The zero-order chi connectivity index (χ0) is 17.6. The van der Waals surface area contributed by atoms with Gasteiger partial charge in [0.15, 0.2) is 0 Å². The average molecular weight is 357 g/mol. The molecule has 1 amide bonds. The minimum absolute atomic E-state index is 0.0983. The van der Waals surface area contributed by atoms with E-state index in [1.165, 1.54) is 0 Å². The summed E-state index contributed by atoms with van der Waals surface area (Å²) in [6.07, 6.45) is 2.04. The minimum atomic E-state index is -0.156. The number of carbonyl (C=O) groups excluding carboxylic acids is 1. The number of aromatic nitrogens is 4. The van der Waals surface area contributed by atoms with Gasteiger partial charge in [-0.05, 0) is 32.0 Å². The monoisotopic (exact) mass is 357 g/mol. The van der Waals surface area contributed by atoms with Gasteiger partial charge in [0.25, 0.3) is 5.89 Å². The van der Waals surface area contributed by atoms with E-state index in [1.807, 2.05) is 44.2 Å². The highest BCUT2D eigenvalue weighted by atomic mass is 32.2. The molecule has 25 heavy (non-hydrogen) atoms. The van der Waals surface area contributed by atoms with Gasteiger partial charge in [0.2, 0.25) is 5.91 Å². The van der Waals surface area contributed by atoms with Crippen molar-refractivity contribution in [1.29, 1.82) is 0 Å². The number of nitrogens with one attached hydrogen (secondary N) is 1. The smallest absolute Gasteiger partial charge is 0.322 e. The van der Waals surface area contributed by atoms with Crippen LogP contribution in [0.25, 0.3) is 11.6 Å². The van der Waals surface area contributed by atoms with E-state index in [9.17, 15) is 4.79 Å². The molecule has 2 heterocycles. The molecule has 0 unspecified atom stereocenters. The fourth-order valence-electron chi connectivity index (χ4n) is 2.23. The van der Waals surface area contributed by atoms with Gasteiger partial charge in [0.1, 0.15) is 5.69 Å². The molecule has 0 saturated carbocycles. The number of thioether (sulfide) groups is 1. The van der Waals surface area contributed by atoms with Crippen LogP contribution in [0.1, 0.15) is 26.3 Å². The summed E-state index contributed by atoms with van der Waals surface area (Å²) >= 11 is 1.63. The number of amides is 1. The summed E-state index contributed by atoms with van der Waals surface area (Å²) in [6.45, 7) is 4.03. The summed E-state index contributed by atoms with van der Waals surface area (Å²) in [4.78, 5) is 13.1. The topological polar surface area (TPSA) is 85.8 Å². The van der Waals surface area contributed by atoms with Crippen LogP contribution in [0, 0.1) is 0 Å². The van der Waals surface area contributed by atoms with Gasteiger partial charge in [-0.3, -0.25) is 14.8 Å². The van der Waals surface area contributed by atoms with Crippen LogP contribution in [0.4, 0.5) is 6.01 Å². The Kier molecular flexibility index (Phi) is 5.49. The number of carbonyl (C=O) groups is 1. The molecule has 1 aromatic carbocycles. The highest BCUT2D eigenvalue weighted by Crippen LogP contribution is 2.22. The highest BCUT2D eigenvalue weighted by molar-refractivity contribution is 7.99. The van der Waals surface area contributed by atoms with Gasteiger partial charge < -0.3 is 4.42 Å². The van der Waals surface area contributed by atoms with Crippen LogP contribution >= 0.6 is 11.8 Å². The predicted molar refractivity (Wildman–Crippen MR) is 96.3 cm³/mol. The van der Waals surface area contributed by atoms with Crippen molar-refractivity contribution in [1.82, 2.24) is 20.0 Å². The number of hydrogen-bond donors (Lipinski definition) is 1. The number of nitrogens with zero attached hydrogens (tertiary/aromatic N) is 4. The molecule has 0 atom stereocenters. The van der Waals surface area contributed by atoms with Crippen molar-refractivity contribution in [2.24, 2.45) is 0 Å². The quantitative estimate of drug-likeness (QED) is 0.650. The minimum Gasteiger partial charge on any atom is -0.401 e. The van der Waals surface area contributed by atoms with Crippen molar-refractivity contribution in [3.63, 3.8) is 0 Å². The highest BCUT2D eigenvalue weighted by Gasteiger charge is 2.16. The molecule has 0 aliphatic heterocycles. The number of benzene rings is 1. The Labute approximate surface area is 149 Å². The lowest BCUT2D eigenvalue weighted by molar-refractivity contribution is -0.115. The molecule has 1 N–H and O–H groups in total. The van der Waals surface area contributed by atoms with Crippen LogP contribution in [0.15, 0.2) is 51.9 Å². The first-order valence-electron chi connectivity index (χ1n) is 7.98. The van der Waals surface area contributed by atoms with E-state index < -0.39 is 0 Å². The van der Waals surface area contributed by atoms with Crippen LogP contribution in [0.5, 0.6) is 0 Å². The Hall–Kier alpha value is -2.61. The van der Waals surface area contributed by atoms with E-state index in [-0.39, 0.29) is 18.0 Å². The zero-order valence-electron chi connectivity index (χ0n) is 14.0. The van der Waals surface area contributed by atoms with Crippen molar-refractivity contribution >= 4 is 23.7 Å². The molecular formula is C17H19N5O2S. The van der Waals surface area contributed by atoms with Crippen LogP contribution in [-0.4, -0.2) is 31.6 Å². The number of rotatable bonds is 7. The molecule has 0 spiro atoms. The summed E-state index contributed by atoms with van der Waals surface area (Å²) in [5.74, 6) is 0.855. The molecule has 0 saturated heterocycles. The van der Waals surface area contributed by atoms with Gasteiger partial charge in [-0.25, -0.2) is 0 Å². The van der Waals surface area contributed by atoms with Crippen molar-refractivity contribution in [2.45, 2.75) is 31.2 Å². The predicted octanol–water partition coefficient (Wildman–Crippen LogP) is 3.63. The van der Waals surface area contributed by atoms with Crippen LogP contribution in [-0.2, 0) is 4.79 Å². The summed E-state index contributed by atoms with van der Waals surface area (Å²) in [5.41, 5.74) is 0.725. The molecule has 0 fully saturated rings. The van der Waals surface area contributed by atoms with E-state index >= 15 is 0 Å². The molecule has 3 aromatic rings. The first kappa shape index (κ1) is 17.2. The van der Waals surface area contributed by atoms with Crippen molar-refractivity contribution in [3.05, 3.63) is 42.6 Å². The maximum atomic E-state index is 12.0. The molecule has 0 aliphatic carbocycles. The normalized spacial score (nSPS) is 11.0. The molecule has 130 valence electrons. The molecule has 2 aromatic heterocycles. The SMILES string of the molecule is CC(C)n1nccc1-c1nnc(NC(=O)CCSc2ccccc2)o1. The molecule has 3 rings (SSSR count). The number of hydrogen-bond acceptors (Lipinski definition) is 6. The van der Waals surface area contributed by atoms with Crippen LogP contribution in [0.3, 0.4) is 0 Å². The Morgan fingerprint density at radius 1 is 1.24 bits per heavy atom. The van der Waals surface area contributed by atoms with Crippen molar-refractivity contribution in [3.8, 4) is 11.6 Å². The second-order valence-corrected chi connectivity index (χ2v) is 6.80.